The van der Waals surface area contributed by atoms with Crippen LogP contribution in [-0.2, 0) is 15.9 Å². The molecule has 1 N–H and O–H groups in total. The molecule has 1 saturated heterocycles. The van der Waals surface area contributed by atoms with E-state index in [1.165, 1.54) is 5.56 Å². The normalized spacial score (nSPS) is 39.5. The highest BCUT2D eigenvalue weighted by molar-refractivity contribution is 5.31. The molecule has 0 spiro atoms. The summed E-state index contributed by atoms with van der Waals surface area (Å²) in [5.74, 6) is 2.71. The van der Waals surface area contributed by atoms with E-state index in [9.17, 15) is 5.11 Å². The van der Waals surface area contributed by atoms with Crippen LogP contribution in [0, 0.1) is 23.7 Å². The average Bonchev–Trinajstić information content (AvgIpc) is 3.02. The van der Waals surface area contributed by atoms with E-state index in [-0.39, 0.29) is 12.2 Å². The van der Waals surface area contributed by atoms with Crippen molar-refractivity contribution in [2.24, 2.45) is 23.7 Å². The summed E-state index contributed by atoms with van der Waals surface area (Å²) in [6.07, 6.45) is 5.30. The van der Waals surface area contributed by atoms with Crippen molar-refractivity contribution in [2.75, 3.05) is 20.3 Å². The monoisotopic (exact) mass is 300 g/mol. The first-order valence-electron chi connectivity index (χ1n) is 8.33. The van der Waals surface area contributed by atoms with E-state index in [4.69, 9.17) is 9.47 Å². The van der Waals surface area contributed by atoms with Crippen LogP contribution in [0.5, 0.6) is 0 Å². The topological polar surface area (TPSA) is 38.7 Å². The number of aliphatic hydroxyl groups is 1. The maximum Gasteiger partial charge on any atom is 0.128 e. The van der Waals surface area contributed by atoms with Crippen LogP contribution in [0.15, 0.2) is 42.2 Å². The van der Waals surface area contributed by atoms with Crippen molar-refractivity contribution in [1.29, 1.82) is 0 Å². The van der Waals surface area contributed by atoms with E-state index in [0.29, 0.717) is 23.7 Å². The maximum atomic E-state index is 9.75. The molecule has 3 nitrogen and oxygen atoms in total. The molecule has 1 heterocycles. The van der Waals surface area contributed by atoms with E-state index in [1.54, 1.807) is 7.11 Å². The molecule has 0 amide bonds. The van der Waals surface area contributed by atoms with Gasteiger partial charge in [0, 0.05) is 12.5 Å². The zero-order valence-corrected chi connectivity index (χ0v) is 13.1. The molecular weight excluding hydrogens is 276 g/mol. The Balaban J connectivity index is 1.64. The third-order valence-corrected chi connectivity index (χ3v) is 6.00. The third-order valence-electron chi connectivity index (χ3n) is 6.00. The zero-order chi connectivity index (χ0) is 15.2. The summed E-state index contributed by atoms with van der Waals surface area (Å²) >= 11 is 0. The SMILES string of the molecule is COC1=CC2C(CO)CCC13OCC(Cc1ccccc1)C23. The third kappa shape index (κ3) is 1.95. The van der Waals surface area contributed by atoms with Crippen LogP contribution in [0.25, 0.3) is 0 Å². The van der Waals surface area contributed by atoms with Gasteiger partial charge in [0.25, 0.3) is 0 Å². The molecular formula is C19H24O3. The Morgan fingerprint density at radius 1 is 1.27 bits per heavy atom. The highest BCUT2D eigenvalue weighted by Gasteiger charge is 2.62. The predicted molar refractivity (Wildman–Crippen MR) is 84.2 cm³/mol. The lowest BCUT2D eigenvalue weighted by atomic mass is 9.64. The van der Waals surface area contributed by atoms with Gasteiger partial charge in [0.1, 0.15) is 11.4 Å². The number of allylic oxidation sites excluding steroid dienone is 1. The fourth-order valence-electron chi connectivity index (χ4n) is 5.06. The van der Waals surface area contributed by atoms with Crippen LogP contribution >= 0.6 is 0 Å². The van der Waals surface area contributed by atoms with Gasteiger partial charge < -0.3 is 14.6 Å². The quantitative estimate of drug-likeness (QED) is 0.929. The van der Waals surface area contributed by atoms with Crippen LogP contribution in [0.3, 0.4) is 0 Å². The van der Waals surface area contributed by atoms with Gasteiger partial charge in [-0.1, -0.05) is 30.3 Å². The van der Waals surface area contributed by atoms with E-state index in [2.05, 4.69) is 36.4 Å². The number of aliphatic hydroxyl groups excluding tert-OH is 1. The number of ether oxygens (including phenoxy) is 2. The molecule has 118 valence electrons. The standard InChI is InChI=1S/C19H24O3/c1-21-17-10-16-14(11-20)7-8-19(17)18(16)15(12-22-19)9-13-5-3-2-4-6-13/h2-6,10,14-16,18,20H,7-9,11-12H2,1H3. The number of hydrogen-bond donors (Lipinski definition) is 1. The molecule has 1 saturated carbocycles. The molecule has 2 fully saturated rings. The Morgan fingerprint density at radius 2 is 2.09 bits per heavy atom. The van der Waals surface area contributed by atoms with Gasteiger partial charge in [0.05, 0.1) is 13.7 Å². The molecule has 3 heteroatoms. The van der Waals surface area contributed by atoms with Crippen LogP contribution in [-0.4, -0.2) is 31.0 Å². The maximum absolute atomic E-state index is 9.75. The Bertz CT molecular complexity index is 567. The average molecular weight is 300 g/mol. The number of hydrogen-bond acceptors (Lipinski definition) is 3. The first-order chi connectivity index (χ1) is 10.8. The summed E-state index contributed by atoms with van der Waals surface area (Å²) in [6.45, 7) is 1.07. The van der Waals surface area contributed by atoms with Gasteiger partial charge in [-0.25, -0.2) is 0 Å². The van der Waals surface area contributed by atoms with E-state index < -0.39 is 0 Å². The van der Waals surface area contributed by atoms with Crippen LogP contribution < -0.4 is 0 Å². The molecule has 1 aliphatic heterocycles. The van der Waals surface area contributed by atoms with Crippen molar-refractivity contribution in [1.82, 2.24) is 0 Å². The Kier molecular flexibility index (Phi) is 3.50. The van der Waals surface area contributed by atoms with Crippen LogP contribution in [0.2, 0.25) is 0 Å². The highest BCUT2D eigenvalue weighted by Crippen LogP contribution is 2.60. The number of methoxy groups -OCH3 is 1. The molecule has 3 aliphatic rings. The zero-order valence-electron chi connectivity index (χ0n) is 13.1. The van der Waals surface area contributed by atoms with Crippen molar-refractivity contribution >= 4 is 0 Å². The minimum Gasteiger partial charge on any atom is -0.498 e. The predicted octanol–water partition coefficient (Wildman–Crippen LogP) is 2.79. The largest absolute Gasteiger partial charge is 0.498 e. The highest BCUT2D eigenvalue weighted by atomic mass is 16.5. The van der Waals surface area contributed by atoms with Gasteiger partial charge in [0.15, 0.2) is 0 Å². The summed E-state index contributed by atoms with van der Waals surface area (Å²) in [5, 5.41) is 9.75. The lowest BCUT2D eigenvalue weighted by Gasteiger charge is -2.41. The second kappa shape index (κ2) is 5.39. The summed E-state index contributed by atoms with van der Waals surface area (Å²) in [7, 11) is 1.75. The molecule has 2 aliphatic carbocycles. The second-order valence-corrected chi connectivity index (χ2v) is 6.97. The summed E-state index contributed by atoms with van der Waals surface area (Å²) in [6, 6.07) is 10.7. The van der Waals surface area contributed by atoms with Gasteiger partial charge >= 0.3 is 0 Å². The summed E-state index contributed by atoms with van der Waals surface area (Å²) in [4.78, 5) is 0. The molecule has 1 aromatic carbocycles. The van der Waals surface area contributed by atoms with Gasteiger partial charge in [-0.2, -0.15) is 0 Å². The number of benzene rings is 1. The van der Waals surface area contributed by atoms with Crippen molar-refractivity contribution in [3.8, 4) is 0 Å². The molecule has 1 aromatic rings. The van der Waals surface area contributed by atoms with Gasteiger partial charge in [-0.3, -0.25) is 0 Å². The minimum absolute atomic E-state index is 0.218. The molecule has 22 heavy (non-hydrogen) atoms. The number of rotatable bonds is 4. The fraction of sp³-hybridized carbons (Fsp3) is 0.579. The van der Waals surface area contributed by atoms with Crippen LogP contribution in [0.1, 0.15) is 18.4 Å². The Labute approximate surface area is 131 Å². The molecule has 0 aromatic heterocycles. The Morgan fingerprint density at radius 3 is 2.82 bits per heavy atom. The Hall–Kier alpha value is -1.32. The van der Waals surface area contributed by atoms with E-state index >= 15 is 0 Å². The molecule has 5 atom stereocenters. The smallest absolute Gasteiger partial charge is 0.128 e. The minimum atomic E-state index is -0.218. The van der Waals surface area contributed by atoms with Gasteiger partial charge in [0.2, 0.25) is 0 Å². The molecule has 5 unspecified atom stereocenters. The molecule has 0 radical (unpaired) electrons. The van der Waals surface area contributed by atoms with Crippen LogP contribution in [0.4, 0.5) is 0 Å². The van der Waals surface area contributed by atoms with Gasteiger partial charge in [-0.15, -0.1) is 0 Å². The van der Waals surface area contributed by atoms with Gasteiger partial charge in [-0.05, 0) is 48.7 Å². The first-order valence-corrected chi connectivity index (χ1v) is 8.33. The lowest BCUT2D eigenvalue weighted by Crippen LogP contribution is -2.45. The fourth-order valence-corrected chi connectivity index (χ4v) is 5.06. The van der Waals surface area contributed by atoms with E-state index in [0.717, 1.165) is 31.6 Å². The lowest BCUT2D eigenvalue weighted by molar-refractivity contribution is -0.0600. The first kappa shape index (κ1) is 14.3. The van der Waals surface area contributed by atoms with Crippen molar-refractivity contribution < 1.29 is 14.6 Å². The van der Waals surface area contributed by atoms with Crippen molar-refractivity contribution in [3.05, 3.63) is 47.7 Å². The molecule has 4 rings (SSSR count). The van der Waals surface area contributed by atoms with E-state index in [1.807, 2.05) is 0 Å². The van der Waals surface area contributed by atoms with Crippen molar-refractivity contribution in [3.63, 3.8) is 0 Å². The van der Waals surface area contributed by atoms with Crippen molar-refractivity contribution in [2.45, 2.75) is 24.9 Å². The second-order valence-electron chi connectivity index (χ2n) is 6.97. The summed E-state index contributed by atoms with van der Waals surface area (Å²) < 4.78 is 12.0. The summed E-state index contributed by atoms with van der Waals surface area (Å²) in [5.41, 5.74) is 1.16. The molecule has 2 bridgehead atoms.